The van der Waals surface area contributed by atoms with Crippen LogP contribution in [0.3, 0.4) is 0 Å². The van der Waals surface area contributed by atoms with Crippen molar-refractivity contribution in [1.82, 2.24) is 5.32 Å². The molecule has 3 heteroatoms. The molecule has 0 aliphatic heterocycles. The second-order valence-corrected chi connectivity index (χ2v) is 2.86. The Morgan fingerprint density at radius 2 is 1.92 bits per heavy atom. The number of unbranched alkanes of at least 4 members (excludes halogenated alkanes) is 4. The van der Waals surface area contributed by atoms with E-state index in [0.29, 0.717) is 13.0 Å². The fraction of sp³-hybridized carbons (Fsp3) is 0.600. The molecule has 0 atom stereocenters. The smallest absolute Gasteiger partial charge is 0.243 e. The number of nitrogens with one attached hydrogen (secondary N) is 1. The fourth-order valence-corrected chi connectivity index (χ4v) is 0.990. The molecule has 0 aliphatic carbocycles. The number of rotatable bonds is 8. The first-order chi connectivity index (χ1) is 6.31. The van der Waals surface area contributed by atoms with E-state index in [0.717, 1.165) is 32.0 Å². The van der Waals surface area contributed by atoms with Crippen LogP contribution in [0.1, 0.15) is 32.1 Å². The van der Waals surface area contributed by atoms with Gasteiger partial charge in [-0.2, -0.15) is 0 Å². The highest BCUT2D eigenvalue weighted by Gasteiger charge is 1.92. The number of hydrogen-bond acceptors (Lipinski definition) is 2. The zero-order valence-electron chi connectivity index (χ0n) is 7.92. The summed E-state index contributed by atoms with van der Waals surface area (Å²) in [6.45, 7) is 4.05. The second-order valence-electron chi connectivity index (χ2n) is 2.86. The van der Waals surface area contributed by atoms with Crippen molar-refractivity contribution in [1.29, 1.82) is 0 Å². The molecule has 0 spiro atoms. The van der Waals surface area contributed by atoms with Gasteiger partial charge >= 0.3 is 0 Å². The first-order valence-corrected chi connectivity index (χ1v) is 4.65. The van der Waals surface area contributed by atoms with Crippen LogP contribution in [0.5, 0.6) is 0 Å². The Balaban J connectivity index is 3.03. The van der Waals surface area contributed by atoms with E-state index in [9.17, 15) is 9.59 Å². The Kier molecular flexibility index (Phi) is 8.20. The molecule has 0 unspecified atom stereocenters. The summed E-state index contributed by atoms with van der Waals surface area (Å²) in [6, 6.07) is 0. The predicted octanol–water partition coefficient (Wildman–Crippen LogP) is 1.44. The lowest BCUT2D eigenvalue weighted by Crippen LogP contribution is -2.21. The molecule has 0 aromatic heterocycles. The summed E-state index contributed by atoms with van der Waals surface area (Å²) in [6.07, 6.45) is 6.91. The van der Waals surface area contributed by atoms with E-state index >= 15 is 0 Å². The van der Waals surface area contributed by atoms with Crippen molar-refractivity contribution in [3.8, 4) is 0 Å². The van der Waals surface area contributed by atoms with Gasteiger partial charge in [0.05, 0.1) is 0 Å². The second kappa shape index (κ2) is 8.97. The van der Waals surface area contributed by atoms with Crippen molar-refractivity contribution in [3.63, 3.8) is 0 Å². The average molecular weight is 183 g/mol. The van der Waals surface area contributed by atoms with Crippen LogP contribution in [0, 0.1) is 0 Å². The van der Waals surface area contributed by atoms with Gasteiger partial charge in [-0.25, -0.2) is 0 Å². The van der Waals surface area contributed by atoms with Gasteiger partial charge in [0.2, 0.25) is 5.91 Å². The molecule has 0 radical (unpaired) electrons. The van der Waals surface area contributed by atoms with Gasteiger partial charge in [-0.1, -0.05) is 19.4 Å². The highest BCUT2D eigenvalue weighted by Crippen LogP contribution is 2.00. The zero-order valence-corrected chi connectivity index (χ0v) is 7.92. The van der Waals surface area contributed by atoms with Gasteiger partial charge in [0.15, 0.2) is 0 Å². The van der Waals surface area contributed by atoms with Gasteiger partial charge in [0, 0.05) is 13.0 Å². The minimum absolute atomic E-state index is 0.118. The first-order valence-electron chi connectivity index (χ1n) is 4.65. The molecular formula is C10H17NO2. The summed E-state index contributed by atoms with van der Waals surface area (Å²) in [5.41, 5.74) is 0. The van der Waals surface area contributed by atoms with Crippen LogP contribution < -0.4 is 5.32 Å². The van der Waals surface area contributed by atoms with Crippen LogP contribution in [-0.2, 0) is 9.59 Å². The van der Waals surface area contributed by atoms with E-state index in [1.54, 1.807) is 0 Å². The summed E-state index contributed by atoms with van der Waals surface area (Å²) < 4.78 is 0. The van der Waals surface area contributed by atoms with Crippen molar-refractivity contribution >= 4 is 12.2 Å². The van der Waals surface area contributed by atoms with Gasteiger partial charge in [0.25, 0.3) is 0 Å². The third kappa shape index (κ3) is 8.79. The summed E-state index contributed by atoms with van der Waals surface area (Å²) in [4.78, 5) is 20.6. The maximum absolute atomic E-state index is 10.7. The summed E-state index contributed by atoms with van der Waals surface area (Å²) >= 11 is 0. The molecule has 0 aromatic carbocycles. The van der Waals surface area contributed by atoms with Crippen LogP contribution in [0.4, 0.5) is 0 Å². The lowest BCUT2D eigenvalue weighted by Gasteiger charge is -2.00. The van der Waals surface area contributed by atoms with Crippen LogP contribution in [0.2, 0.25) is 0 Å². The summed E-state index contributed by atoms with van der Waals surface area (Å²) in [5.74, 6) is -0.118. The fourth-order valence-electron chi connectivity index (χ4n) is 0.990. The summed E-state index contributed by atoms with van der Waals surface area (Å²) in [5, 5.41) is 2.70. The van der Waals surface area contributed by atoms with Crippen molar-refractivity contribution in [2.24, 2.45) is 0 Å². The van der Waals surface area contributed by atoms with Crippen LogP contribution in [0.25, 0.3) is 0 Å². The van der Waals surface area contributed by atoms with Crippen molar-refractivity contribution < 1.29 is 9.59 Å². The molecule has 13 heavy (non-hydrogen) atoms. The molecule has 0 heterocycles. The molecular weight excluding hydrogens is 166 g/mol. The molecule has 0 bridgehead atoms. The van der Waals surface area contributed by atoms with E-state index in [2.05, 4.69) is 11.9 Å². The van der Waals surface area contributed by atoms with Gasteiger partial charge in [-0.15, -0.1) is 0 Å². The minimum atomic E-state index is -0.118. The average Bonchev–Trinajstić information content (AvgIpc) is 2.16. The van der Waals surface area contributed by atoms with Gasteiger partial charge < -0.3 is 10.1 Å². The Morgan fingerprint density at radius 3 is 2.54 bits per heavy atom. The van der Waals surface area contributed by atoms with Gasteiger partial charge in [-0.05, 0) is 18.9 Å². The number of amides is 1. The lowest BCUT2D eigenvalue weighted by molar-refractivity contribution is -0.116. The Hall–Kier alpha value is -1.12. The monoisotopic (exact) mass is 183 g/mol. The number of hydrogen-bond donors (Lipinski definition) is 1. The van der Waals surface area contributed by atoms with E-state index in [1.165, 1.54) is 6.08 Å². The summed E-state index contributed by atoms with van der Waals surface area (Å²) in [7, 11) is 0. The molecule has 3 nitrogen and oxygen atoms in total. The van der Waals surface area contributed by atoms with E-state index in [-0.39, 0.29) is 5.91 Å². The maximum atomic E-state index is 10.7. The van der Waals surface area contributed by atoms with Crippen LogP contribution in [0.15, 0.2) is 12.7 Å². The van der Waals surface area contributed by atoms with E-state index in [4.69, 9.17) is 0 Å². The van der Waals surface area contributed by atoms with E-state index in [1.807, 2.05) is 0 Å². The topological polar surface area (TPSA) is 46.2 Å². The molecule has 0 saturated heterocycles. The van der Waals surface area contributed by atoms with Crippen molar-refractivity contribution in [3.05, 3.63) is 12.7 Å². The Bertz CT molecular complexity index is 166. The van der Waals surface area contributed by atoms with Crippen LogP contribution >= 0.6 is 0 Å². The zero-order chi connectivity index (χ0) is 9.94. The van der Waals surface area contributed by atoms with Crippen LogP contribution in [-0.4, -0.2) is 18.7 Å². The Labute approximate surface area is 79.2 Å². The highest BCUT2D eigenvalue weighted by atomic mass is 16.1. The first kappa shape index (κ1) is 11.9. The minimum Gasteiger partial charge on any atom is -0.353 e. The quantitative estimate of drug-likeness (QED) is 0.351. The third-order valence-corrected chi connectivity index (χ3v) is 1.73. The molecule has 0 saturated carbocycles. The molecule has 1 N–H and O–H groups in total. The number of aldehydes is 1. The lowest BCUT2D eigenvalue weighted by atomic mass is 10.1. The molecule has 74 valence electrons. The number of carbonyl (C=O) groups is 2. The van der Waals surface area contributed by atoms with E-state index < -0.39 is 0 Å². The largest absolute Gasteiger partial charge is 0.353 e. The normalized spacial score (nSPS) is 9.23. The highest BCUT2D eigenvalue weighted by molar-refractivity contribution is 5.86. The third-order valence-electron chi connectivity index (χ3n) is 1.73. The number of carbonyl (C=O) groups excluding carboxylic acids is 2. The van der Waals surface area contributed by atoms with Crippen molar-refractivity contribution in [2.75, 3.05) is 6.54 Å². The molecule has 0 aliphatic rings. The SMILES string of the molecule is C=CC(=O)NCCCCCCC=O. The predicted molar refractivity (Wildman–Crippen MR) is 52.4 cm³/mol. The van der Waals surface area contributed by atoms with Gasteiger partial charge in [0.1, 0.15) is 6.29 Å². The maximum Gasteiger partial charge on any atom is 0.243 e. The van der Waals surface area contributed by atoms with Gasteiger partial charge in [-0.3, -0.25) is 4.79 Å². The standard InChI is InChI=1S/C10H17NO2/c1-2-10(13)11-8-6-4-3-5-7-9-12/h2,9H,1,3-8H2,(H,11,13). The molecule has 0 fully saturated rings. The molecule has 0 rings (SSSR count). The molecule has 1 amide bonds. The van der Waals surface area contributed by atoms with Crippen molar-refractivity contribution in [2.45, 2.75) is 32.1 Å². The molecule has 0 aromatic rings. The Morgan fingerprint density at radius 1 is 1.23 bits per heavy atom.